The lowest BCUT2D eigenvalue weighted by atomic mass is 10.3. The van der Waals surface area contributed by atoms with Crippen molar-refractivity contribution in [1.82, 2.24) is 0 Å². The molecule has 1 aromatic carbocycles. The molecule has 15 heavy (non-hydrogen) atoms. The molecule has 0 saturated heterocycles. The lowest BCUT2D eigenvalue weighted by Crippen LogP contribution is -2.25. The standard InChI is InChI=1S/C7H2BrF2NO4/c8-3-1-5-6(2-4(3)11(12)13)15-7(9,10)14-5/h1-2H. The molecule has 0 aromatic heterocycles. The van der Waals surface area contributed by atoms with Crippen LogP contribution in [-0.4, -0.2) is 11.2 Å². The number of alkyl halides is 2. The van der Waals surface area contributed by atoms with Gasteiger partial charge in [0, 0.05) is 6.07 Å². The van der Waals surface area contributed by atoms with E-state index >= 15 is 0 Å². The molecule has 0 unspecified atom stereocenters. The second-order valence-electron chi connectivity index (χ2n) is 2.67. The summed E-state index contributed by atoms with van der Waals surface area (Å²) in [6, 6.07) is 1.94. The summed E-state index contributed by atoms with van der Waals surface area (Å²) in [7, 11) is 0. The molecule has 0 fully saturated rings. The second-order valence-corrected chi connectivity index (χ2v) is 3.53. The van der Waals surface area contributed by atoms with Gasteiger partial charge in [0.1, 0.15) is 0 Å². The van der Waals surface area contributed by atoms with Gasteiger partial charge in [-0.05, 0) is 15.9 Å². The minimum Gasteiger partial charge on any atom is -0.395 e. The zero-order chi connectivity index (χ0) is 11.2. The van der Waals surface area contributed by atoms with Crippen molar-refractivity contribution in [3.05, 3.63) is 26.7 Å². The van der Waals surface area contributed by atoms with Crippen molar-refractivity contribution in [3.8, 4) is 11.5 Å². The number of nitrogens with zero attached hydrogens (tertiary/aromatic N) is 1. The average molecular weight is 282 g/mol. The molecule has 0 spiro atoms. The fourth-order valence-corrected chi connectivity index (χ4v) is 1.57. The van der Waals surface area contributed by atoms with Crippen LogP contribution in [0.15, 0.2) is 16.6 Å². The number of hydrogen-bond donors (Lipinski definition) is 0. The number of benzene rings is 1. The molecule has 2 rings (SSSR count). The maximum atomic E-state index is 12.6. The van der Waals surface area contributed by atoms with Crippen molar-refractivity contribution in [3.63, 3.8) is 0 Å². The van der Waals surface area contributed by atoms with Gasteiger partial charge in [0.2, 0.25) is 0 Å². The van der Waals surface area contributed by atoms with Crippen LogP contribution in [0.3, 0.4) is 0 Å². The quantitative estimate of drug-likeness (QED) is 0.587. The predicted molar refractivity (Wildman–Crippen MR) is 47.0 cm³/mol. The number of nitro benzene ring substituents is 1. The largest absolute Gasteiger partial charge is 0.586 e. The Kier molecular flexibility index (Phi) is 2.03. The molecule has 8 heteroatoms. The van der Waals surface area contributed by atoms with Crippen LogP contribution in [0.1, 0.15) is 0 Å². The van der Waals surface area contributed by atoms with E-state index < -0.39 is 11.2 Å². The summed E-state index contributed by atoms with van der Waals surface area (Å²) >= 11 is 2.87. The van der Waals surface area contributed by atoms with Crippen molar-refractivity contribution < 1.29 is 23.2 Å². The van der Waals surface area contributed by atoms with Crippen LogP contribution in [0.5, 0.6) is 11.5 Å². The average Bonchev–Trinajstić information content (AvgIpc) is 2.36. The number of nitro groups is 1. The molecule has 0 amide bonds. The first-order valence-electron chi connectivity index (χ1n) is 3.63. The molecule has 5 nitrogen and oxygen atoms in total. The number of halogens is 3. The first kappa shape index (κ1) is 10.1. The Labute approximate surface area is 89.9 Å². The third-order valence-electron chi connectivity index (χ3n) is 1.67. The molecule has 1 aliphatic rings. The summed E-state index contributed by atoms with van der Waals surface area (Å²) in [5.41, 5.74) is -0.366. The molecule has 0 saturated carbocycles. The molecule has 0 aliphatic carbocycles. The number of hydrogen-bond acceptors (Lipinski definition) is 4. The van der Waals surface area contributed by atoms with Gasteiger partial charge in [-0.2, -0.15) is 0 Å². The summed E-state index contributed by atoms with van der Waals surface area (Å²) in [5, 5.41) is 10.5. The van der Waals surface area contributed by atoms with Crippen LogP contribution in [0, 0.1) is 10.1 Å². The van der Waals surface area contributed by atoms with E-state index in [1.54, 1.807) is 0 Å². The lowest BCUT2D eigenvalue weighted by molar-refractivity contribution is -0.385. The molecular formula is C7H2BrF2NO4. The van der Waals surface area contributed by atoms with E-state index in [9.17, 15) is 18.9 Å². The van der Waals surface area contributed by atoms with Gasteiger partial charge in [0.15, 0.2) is 11.5 Å². The number of fused-ring (bicyclic) bond motifs is 1. The van der Waals surface area contributed by atoms with Gasteiger partial charge >= 0.3 is 6.29 Å². The summed E-state index contributed by atoms with van der Waals surface area (Å²) in [6.07, 6.45) is -3.77. The molecule has 0 bridgehead atoms. The van der Waals surface area contributed by atoms with Crippen molar-refractivity contribution in [2.45, 2.75) is 6.29 Å². The number of ether oxygens (including phenoxy) is 2. The van der Waals surface area contributed by atoms with Gasteiger partial charge < -0.3 is 9.47 Å². The maximum Gasteiger partial charge on any atom is 0.586 e. The van der Waals surface area contributed by atoms with Crippen molar-refractivity contribution in [1.29, 1.82) is 0 Å². The van der Waals surface area contributed by atoms with Gasteiger partial charge in [0.25, 0.3) is 5.69 Å². The van der Waals surface area contributed by atoms with E-state index in [2.05, 4.69) is 25.4 Å². The zero-order valence-electron chi connectivity index (χ0n) is 6.87. The van der Waals surface area contributed by atoms with Gasteiger partial charge in [0.05, 0.1) is 15.5 Å². The van der Waals surface area contributed by atoms with Gasteiger partial charge in [-0.25, -0.2) is 0 Å². The van der Waals surface area contributed by atoms with Crippen molar-refractivity contribution in [2.24, 2.45) is 0 Å². The minimum absolute atomic E-state index is 0.0487. The van der Waals surface area contributed by atoms with Gasteiger partial charge in [-0.1, -0.05) is 0 Å². The normalized spacial score (nSPS) is 16.5. The third kappa shape index (κ3) is 1.72. The highest BCUT2D eigenvalue weighted by Gasteiger charge is 2.44. The molecule has 0 radical (unpaired) electrons. The van der Waals surface area contributed by atoms with E-state index in [4.69, 9.17) is 0 Å². The Morgan fingerprint density at radius 2 is 1.87 bits per heavy atom. The first-order valence-corrected chi connectivity index (χ1v) is 4.42. The molecule has 1 aliphatic heterocycles. The Hall–Kier alpha value is -1.44. The molecule has 0 atom stereocenters. The van der Waals surface area contributed by atoms with Crippen molar-refractivity contribution >= 4 is 21.6 Å². The van der Waals surface area contributed by atoms with Crippen molar-refractivity contribution in [2.75, 3.05) is 0 Å². The first-order chi connectivity index (χ1) is 6.89. The van der Waals surface area contributed by atoms with Crippen LogP contribution in [0.2, 0.25) is 0 Å². The van der Waals surface area contributed by atoms with Crippen LogP contribution in [0.4, 0.5) is 14.5 Å². The summed E-state index contributed by atoms with van der Waals surface area (Å²) in [6.45, 7) is 0. The monoisotopic (exact) mass is 281 g/mol. The third-order valence-corrected chi connectivity index (χ3v) is 2.30. The SMILES string of the molecule is O=[N+]([O-])c1cc2c(cc1Br)OC(F)(F)O2. The summed E-state index contributed by atoms with van der Waals surface area (Å²) in [4.78, 5) is 9.76. The van der Waals surface area contributed by atoms with E-state index in [0.717, 1.165) is 12.1 Å². The topological polar surface area (TPSA) is 61.6 Å². The van der Waals surface area contributed by atoms with E-state index in [1.165, 1.54) is 0 Å². The van der Waals surface area contributed by atoms with Crippen LogP contribution >= 0.6 is 15.9 Å². The van der Waals surface area contributed by atoms with Crippen LogP contribution in [-0.2, 0) is 0 Å². The number of rotatable bonds is 1. The zero-order valence-corrected chi connectivity index (χ0v) is 8.45. The highest BCUT2D eigenvalue weighted by atomic mass is 79.9. The highest BCUT2D eigenvalue weighted by molar-refractivity contribution is 9.10. The van der Waals surface area contributed by atoms with Crippen LogP contribution in [0.25, 0.3) is 0 Å². The summed E-state index contributed by atoms with van der Waals surface area (Å²) < 4.78 is 33.4. The van der Waals surface area contributed by atoms with E-state index in [1.807, 2.05) is 0 Å². The Bertz CT molecular complexity index is 451. The van der Waals surface area contributed by atoms with Crippen LogP contribution < -0.4 is 9.47 Å². The van der Waals surface area contributed by atoms with E-state index in [0.29, 0.717) is 0 Å². The predicted octanol–water partition coefficient (Wildman–Crippen LogP) is 2.68. The Morgan fingerprint density at radius 1 is 1.33 bits per heavy atom. The Balaban J connectivity index is 2.50. The molecule has 1 aromatic rings. The van der Waals surface area contributed by atoms with Gasteiger partial charge in [-0.15, -0.1) is 8.78 Å². The van der Waals surface area contributed by atoms with Gasteiger partial charge in [-0.3, -0.25) is 10.1 Å². The summed E-state index contributed by atoms with van der Waals surface area (Å²) in [5.74, 6) is -0.590. The molecule has 1 heterocycles. The molecule has 80 valence electrons. The fourth-order valence-electron chi connectivity index (χ4n) is 1.10. The lowest BCUT2D eigenvalue weighted by Gasteiger charge is -2.04. The minimum atomic E-state index is -3.77. The second kappa shape index (κ2) is 3.02. The fraction of sp³-hybridized carbons (Fsp3) is 0.143. The molecule has 0 N–H and O–H groups in total. The maximum absolute atomic E-state index is 12.6. The Morgan fingerprint density at radius 3 is 2.40 bits per heavy atom. The van der Waals surface area contributed by atoms with E-state index in [-0.39, 0.29) is 21.7 Å². The smallest absolute Gasteiger partial charge is 0.395 e. The highest BCUT2D eigenvalue weighted by Crippen LogP contribution is 2.45. The molecular weight excluding hydrogens is 280 g/mol.